The topological polar surface area (TPSA) is 67.9 Å². The maximum absolute atomic E-state index is 9.55. The van der Waals surface area contributed by atoms with E-state index in [0.29, 0.717) is 61.1 Å². The van der Waals surface area contributed by atoms with Crippen molar-refractivity contribution in [2.75, 3.05) is 37.5 Å². The molecule has 7 heteroatoms. The van der Waals surface area contributed by atoms with Gasteiger partial charge in [0.05, 0.1) is 33.9 Å². The highest BCUT2D eigenvalue weighted by molar-refractivity contribution is 8.32. The van der Waals surface area contributed by atoms with E-state index in [0.717, 1.165) is 38.7 Å². The Hall–Kier alpha value is -5.42. The van der Waals surface area contributed by atoms with Crippen LogP contribution in [0.1, 0.15) is 75.6 Å². The molecular weight excluding hydrogens is 763 g/mol. The number of fused-ring (bicyclic) bond motifs is 7. The van der Waals surface area contributed by atoms with Crippen molar-refractivity contribution >= 4 is 75.0 Å². The lowest BCUT2D eigenvalue weighted by Crippen LogP contribution is -2.10. The second kappa shape index (κ2) is 13.8. The van der Waals surface area contributed by atoms with Crippen LogP contribution in [0.2, 0.25) is 0 Å². The Kier molecular flexibility index (Phi) is 7.60. The molecule has 0 fully saturated rings. The van der Waals surface area contributed by atoms with Crippen molar-refractivity contribution in [3.05, 3.63) is 119 Å². The summed E-state index contributed by atoms with van der Waals surface area (Å²) in [5, 5.41) is 12.1. The van der Waals surface area contributed by atoms with E-state index in [9.17, 15) is 5.26 Å². The van der Waals surface area contributed by atoms with Crippen molar-refractivity contribution in [1.29, 1.82) is 5.26 Å². The van der Waals surface area contributed by atoms with Gasteiger partial charge in [0.15, 0.2) is 0 Å². The van der Waals surface area contributed by atoms with Gasteiger partial charge in [0.2, 0.25) is 0 Å². The predicted octanol–water partition coefficient (Wildman–Crippen LogP) is 15.0. The largest absolute Gasteiger partial charge is 0.456 e. The molecule has 59 heavy (non-hydrogen) atoms. The molecular formula is C52H53N3O2S2. The number of nitrogens with zero attached hydrogens (tertiary/aromatic N) is 3. The fourth-order valence-electron chi connectivity index (χ4n) is 8.35. The molecule has 3 heterocycles. The van der Waals surface area contributed by atoms with Crippen molar-refractivity contribution in [1.82, 2.24) is 9.55 Å². The number of para-hydroxylation sites is 1. The zero-order valence-corrected chi connectivity index (χ0v) is 36.9. The fraction of sp³-hybridized carbons (Fsp3) is 0.269. The van der Waals surface area contributed by atoms with Crippen molar-refractivity contribution in [2.45, 2.75) is 63.0 Å². The number of imidazole rings is 1. The van der Waals surface area contributed by atoms with Crippen molar-refractivity contribution in [2.24, 2.45) is 0 Å². The van der Waals surface area contributed by atoms with Gasteiger partial charge in [-0.2, -0.15) is 5.26 Å². The predicted molar refractivity (Wildman–Crippen MR) is 256 cm³/mol. The summed E-state index contributed by atoms with van der Waals surface area (Å²) in [4.78, 5) is 7.98. The van der Waals surface area contributed by atoms with E-state index in [4.69, 9.17) is 22.0 Å². The molecule has 9 rings (SSSR count). The molecule has 0 spiro atoms. The molecule has 0 saturated heterocycles. The number of nitriles is 1. The molecule has 5 nitrogen and oxygen atoms in total. The summed E-state index contributed by atoms with van der Waals surface area (Å²) in [6, 6.07) is 31.3. The number of furan rings is 2. The SMILES string of the molecule is [2H]C([2H])([2H])c1ccc(-c2nc3cccc(C([2H])([2H])[2H])c3n2-c2c(C(C)C)cc(-c3cc(S(C)(C)C)cc(S(C)(C)C)c3)cc2C(C)C)c2oc3cc4c(cc3c12)oc1cc(C#N)ccc14. The quantitative estimate of drug-likeness (QED) is 0.161. The monoisotopic (exact) mass is 821 g/mol. The van der Waals surface area contributed by atoms with E-state index in [1.807, 2.05) is 28.8 Å². The Morgan fingerprint density at radius 3 is 1.92 bits per heavy atom. The maximum Gasteiger partial charge on any atom is 0.149 e. The van der Waals surface area contributed by atoms with Gasteiger partial charge < -0.3 is 8.83 Å². The fourth-order valence-corrected chi connectivity index (χ4v) is 10.3. The molecule has 0 unspecified atom stereocenters. The normalized spacial score (nSPS) is 15.2. The minimum atomic E-state index is -2.52. The zero-order chi connectivity index (χ0) is 46.9. The van der Waals surface area contributed by atoms with Gasteiger partial charge in [-0.1, -0.05) is 45.9 Å². The van der Waals surface area contributed by atoms with Crippen LogP contribution in [0.5, 0.6) is 0 Å². The molecule has 0 N–H and O–H groups in total. The Bertz CT molecular complexity index is 3400. The van der Waals surface area contributed by atoms with Gasteiger partial charge in [0.1, 0.15) is 28.2 Å². The first-order chi connectivity index (χ1) is 30.3. The van der Waals surface area contributed by atoms with Gasteiger partial charge in [-0.25, -0.2) is 25.0 Å². The molecule has 9 aromatic rings. The third-order valence-electron chi connectivity index (χ3n) is 11.5. The first-order valence-electron chi connectivity index (χ1n) is 22.8. The lowest BCUT2D eigenvalue weighted by Gasteiger charge is -2.32. The van der Waals surface area contributed by atoms with Crippen molar-refractivity contribution < 1.29 is 17.1 Å². The van der Waals surface area contributed by atoms with Crippen LogP contribution in [0.25, 0.3) is 83.1 Å². The Balaban J connectivity index is 1.40. The molecule has 0 atom stereocenters. The van der Waals surface area contributed by atoms with E-state index >= 15 is 0 Å². The molecule has 300 valence electrons. The molecule has 3 aromatic heterocycles. The van der Waals surface area contributed by atoms with E-state index in [-0.39, 0.29) is 23.0 Å². The molecule has 0 aliphatic rings. The number of rotatable bonds is 7. The number of hydrogen-bond acceptors (Lipinski definition) is 4. The van der Waals surface area contributed by atoms with Crippen LogP contribution in [0, 0.1) is 25.0 Å². The highest BCUT2D eigenvalue weighted by Crippen LogP contribution is 2.53. The second-order valence-corrected chi connectivity index (χ2v) is 26.2. The van der Waals surface area contributed by atoms with E-state index in [1.165, 1.54) is 9.79 Å². The third kappa shape index (κ3) is 6.44. The molecule has 0 bridgehead atoms. The van der Waals surface area contributed by atoms with E-state index in [2.05, 4.69) is 102 Å². The average molecular weight is 822 g/mol. The summed E-state index contributed by atoms with van der Waals surface area (Å²) in [5.41, 5.74) is 9.18. The average Bonchev–Trinajstić information content (AvgIpc) is 3.90. The number of hydrogen-bond donors (Lipinski definition) is 0. The zero-order valence-electron chi connectivity index (χ0n) is 41.3. The van der Waals surface area contributed by atoms with Gasteiger partial charge in [0, 0.05) is 29.8 Å². The Morgan fingerprint density at radius 1 is 0.661 bits per heavy atom. The Labute approximate surface area is 359 Å². The lowest BCUT2D eigenvalue weighted by molar-refractivity contribution is 0.664. The van der Waals surface area contributed by atoms with Gasteiger partial charge in [-0.15, -0.1) is 0 Å². The highest BCUT2D eigenvalue weighted by atomic mass is 32.3. The first kappa shape index (κ1) is 32.4. The summed E-state index contributed by atoms with van der Waals surface area (Å²) < 4.78 is 67.7. The summed E-state index contributed by atoms with van der Waals surface area (Å²) in [6.45, 7) is 3.66. The van der Waals surface area contributed by atoms with Gasteiger partial charge >= 0.3 is 0 Å². The molecule has 0 aliphatic heterocycles. The smallest absolute Gasteiger partial charge is 0.149 e. The number of aromatic nitrogens is 2. The molecule has 0 saturated carbocycles. The Morgan fingerprint density at radius 2 is 1.29 bits per heavy atom. The van der Waals surface area contributed by atoms with Crippen LogP contribution < -0.4 is 0 Å². The van der Waals surface area contributed by atoms with Crippen LogP contribution in [0.4, 0.5) is 0 Å². The van der Waals surface area contributed by atoms with Gasteiger partial charge in [0.25, 0.3) is 0 Å². The minimum Gasteiger partial charge on any atom is -0.456 e. The van der Waals surface area contributed by atoms with Gasteiger partial charge in [-0.05, 0) is 179 Å². The number of benzene rings is 6. The summed E-state index contributed by atoms with van der Waals surface area (Å²) in [5.74, 6) is 0.426. The second-order valence-electron chi connectivity index (χ2n) is 17.9. The third-order valence-corrected chi connectivity index (χ3v) is 14.8. The van der Waals surface area contributed by atoms with Crippen LogP contribution >= 0.6 is 20.1 Å². The van der Waals surface area contributed by atoms with Crippen LogP contribution in [0.15, 0.2) is 110 Å². The summed E-state index contributed by atoms with van der Waals surface area (Å²) in [6.07, 6.45) is 14.0. The molecule has 6 aromatic carbocycles. The highest BCUT2D eigenvalue weighted by Gasteiger charge is 2.28. The molecule has 0 radical (unpaired) electrons. The van der Waals surface area contributed by atoms with Gasteiger partial charge in [-0.3, -0.25) is 4.57 Å². The minimum absolute atomic E-state index is 0.00420. The van der Waals surface area contributed by atoms with E-state index < -0.39 is 33.8 Å². The van der Waals surface area contributed by atoms with E-state index in [1.54, 1.807) is 36.4 Å². The van der Waals surface area contributed by atoms with Crippen LogP contribution in [0.3, 0.4) is 0 Å². The molecule has 0 aliphatic carbocycles. The first-order valence-corrected chi connectivity index (χ1v) is 25.6. The van der Waals surface area contributed by atoms with Crippen LogP contribution in [-0.4, -0.2) is 47.1 Å². The molecule has 0 amide bonds. The van der Waals surface area contributed by atoms with Crippen LogP contribution in [-0.2, 0) is 0 Å². The van der Waals surface area contributed by atoms with Crippen molar-refractivity contribution in [3.8, 4) is 34.3 Å². The lowest BCUT2D eigenvalue weighted by atomic mass is 9.88. The summed E-state index contributed by atoms with van der Waals surface area (Å²) in [7, 11) is -2.13. The number of aryl methyl sites for hydroxylation is 2. The maximum atomic E-state index is 9.55. The van der Waals surface area contributed by atoms with Crippen molar-refractivity contribution in [3.63, 3.8) is 0 Å². The summed E-state index contributed by atoms with van der Waals surface area (Å²) >= 11 is 0. The standard InChI is InChI=1S/C52H53N3O2S2/c1-29(2)40-23-35(34-21-36(58(7,8)9)25-37(22-34)59(10,11)12)24-41(30(3)4)50(40)55-49-32(6)14-13-15-44(49)54-52(55)39-18-16-31(5)48-43-27-46-42(26-47(43)57-51(39)48)38-19-17-33(28-53)20-45(38)56-46/h13-27,29-30H,1-12H3/i5D3,6D3.